The van der Waals surface area contributed by atoms with Gasteiger partial charge in [0.25, 0.3) is 11.1 Å². The van der Waals surface area contributed by atoms with E-state index in [2.05, 4.69) is 30.9 Å². The van der Waals surface area contributed by atoms with E-state index in [1.807, 2.05) is 133 Å². The van der Waals surface area contributed by atoms with Crippen molar-refractivity contribution >= 4 is 46.0 Å². The number of fused-ring (bicyclic) bond motifs is 3. The van der Waals surface area contributed by atoms with Crippen LogP contribution in [0.15, 0.2) is 190 Å². The van der Waals surface area contributed by atoms with Crippen molar-refractivity contribution in [2.24, 2.45) is 0 Å². The predicted molar refractivity (Wildman–Crippen MR) is 292 cm³/mol. The maximum absolute atomic E-state index is 15.2. The molecule has 374 valence electrons. The van der Waals surface area contributed by atoms with E-state index >= 15 is 4.79 Å². The lowest BCUT2D eigenvalue weighted by Crippen LogP contribution is -2.20. The molecule has 0 spiro atoms. The molecule has 20 heteroatoms. The summed E-state index contributed by atoms with van der Waals surface area (Å²) >= 11 is 0. The van der Waals surface area contributed by atoms with Crippen molar-refractivity contribution < 1.29 is 14.1 Å². The molecule has 0 aliphatic rings. The molecule has 0 radical (unpaired) electrons. The third-order valence-electron chi connectivity index (χ3n) is 13.1. The van der Waals surface area contributed by atoms with Gasteiger partial charge in [0.1, 0.15) is 58.0 Å². The van der Waals surface area contributed by atoms with E-state index < -0.39 is 5.56 Å². The second-order valence-electron chi connectivity index (χ2n) is 17.7. The highest BCUT2D eigenvalue weighted by molar-refractivity contribution is 5.94. The van der Waals surface area contributed by atoms with E-state index in [4.69, 9.17) is 45.1 Å². The highest BCUT2D eigenvalue weighted by Crippen LogP contribution is 2.40. The molecule has 6 aromatic carbocycles. The van der Waals surface area contributed by atoms with Crippen LogP contribution in [0.3, 0.4) is 0 Å². The van der Waals surface area contributed by atoms with Crippen LogP contribution in [0, 0.1) is 0 Å². The Hall–Kier alpha value is -11.2. The van der Waals surface area contributed by atoms with Crippen LogP contribution in [-0.2, 0) is 0 Å². The molecular weight excluding hydrogens is 975 g/mol. The van der Waals surface area contributed by atoms with Crippen LogP contribution >= 0.6 is 0 Å². The molecule has 13 aromatic rings. The van der Waals surface area contributed by atoms with Gasteiger partial charge in [0.15, 0.2) is 11.5 Å². The first-order valence-electron chi connectivity index (χ1n) is 24.1. The molecule has 0 fully saturated rings. The Morgan fingerprint density at radius 3 is 1.60 bits per heavy atom. The fourth-order valence-corrected chi connectivity index (χ4v) is 9.53. The summed E-state index contributed by atoms with van der Waals surface area (Å²) in [5.74, 6) is 2.29. The summed E-state index contributed by atoms with van der Waals surface area (Å²) in [6.45, 7) is 0. The second-order valence-corrected chi connectivity index (χ2v) is 17.7. The Labute approximate surface area is 435 Å². The highest BCUT2D eigenvalue weighted by Gasteiger charge is 2.27. The topological polar surface area (TPSA) is 251 Å². The smallest absolute Gasteiger partial charge is 0.284 e. The summed E-state index contributed by atoms with van der Waals surface area (Å²) in [5, 5.41) is 29.0. The minimum absolute atomic E-state index is 0.0231. The number of anilines is 5. The molecule has 0 atom stereocenters. The summed E-state index contributed by atoms with van der Waals surface area (Å²) in [7, 11) is 3.12. The van der Waals surface area contributed by atoms with Gasteiger partial charge in [0.05, 0.1) is 42.0 Å². The van der Waals surface area contributed by atoms with Gasteiger partial charge in [-0.25, -0.2) is 19.1 Å². The summed E-state index contributed by atoms with van der Waals surface area (Å²) in [6.07, 6.45) is 1.51. The SMILES string of the molecule is COc1ccc(-c2c(Nc3cc4nc(-c5cc(-c6c(Nc7nonc7N)[nH]c7c(-c8ccccc8)c(-c8ccccc8)nn7c6=O)ccc5OC)nn4cn3)[nH]c3c(-c4ccccc4)c(-c4ccccc4)nn3c2=O)cc1. The number of benzene rings is 6. The minimum Gasteiger partial charge on any atom is -0.497 e. The van der Waals surface area contributed by atoms with Gasteiger partial charge in [-0.2, -0.15) is 19.2 Å². The molecule has 7 heterocycles. The number of aromatic nitrogens is 12. The Morgan fingerprint density at radius 1 is 0.545 bits per heavy atom. The quantitative estimate of drug-likeness (QED) is 0.0721. The number of hydrogen-bond acceptors (Lipinski definition) is 15. The lowest BCUT2D eigenvalue weighted by molar-refractivity contribution is 0.311. The zero-order chi connectivity index (χ0) is 52.1. The molecule has 20 nitrogen and oxygen atoms in total. The number of ether oxygens (including phenoxy) is 2. The number of nitrogen functional groups attached to an aromatic ring is 1. The fraction of sp³-hybridized carbons (Fsp3) is 0.0351. The maximum Gasteiger partial charge on any atom is 0.284 e. The predicted octanol–water partition coefficient (Wildman–Crippen LogP) is 9.93. The number of nitrogens with one attached hydrogen (secondary N) is 4. The van der Waals surface area contributed by atoms with Crippen LogP contribution in [0.5, 0.6) is 11.5 Å². The van der Waals surface area contributed by atoms with Gasteiger partial charge in [0, 0.05) is 17.2 Å². The van der Waals surface area contributed by atoms with Crippen molar-refractivity contribution in [2.45, 2.75) is 0 Å². The Kier molecular flexibility index (Phi) is 11.1. The van der Waals surface area contributed by atoms with Gasteiger partial charge in [-0.1, -0.05) is 140 Å². The molecule has 0 bridgehead atoms. The summed E-state index contributed by atoms with van der Waals surface area (Å²) in [5.41, 5.74) is 14.6. The van der Waals surface area contributed by atoms with Crippen molar-refractivity contribution in [1.29, 1.82) is 0 Å². The van der Waals surface area contributed by atoms with Crippen LogP contribution in [0.25, 0.3) is 95.4 Å². The minimum atomic E-state index is -0.469. The van der Waals surface area contributed by atoms with Crippen molar-refractivity contribution in [3.8, 4) is 89.9 Å². The molecule has 0 unspecified atom stereocenters. The van der Waals surface area contributed by atoms with Crippen molar-refractivity contribution in [3.05, 3.63) is 197 Å². The fourth-order valence-electron chi connectivity index (χ4n) is 9.53. The molecule has 13 rings (SSSR count). The van der Waals surface area contributed by atoms with Crippen LogP contribution in [0.4, 0.5) is 29.1 Å². The van der Waals surface area contributed by atoms with E-state index in [-0.39, 0.29) is 34.4 Å². The monoisotopic (exact) mass is 1020 g/mol. The maximum atomic E-state index is 15.2. The first-order valence-corrected chi connectivity index (χ1v) is 24.1. The van der Waals surface area contributed by atoms with Crippen LogP contribution in [0.1, 0.15) is 0 Å². The summed E-state index contributed by atoms with van der Waals surface area (Å²) in [4.78, 5) is 46.8. The average molecular weight is 1020 g/mol. The van der Waals surface area contributed by atoms with E-state index in [9.17, 15) is 4.79 Å². The molecule has 6 N–H and O–H groups in total. The van der Waals surface area contributed by atoms with Crippen LogP contribution in [-0.4, -0.2) is 73.3 Å². The number of nitrogens with two attached hydrogens (primary N) is 1. The molecule has 0 saturated heterocycles. The third kappa shape index (κ3) is 8.01. The molecule has 0 aliphatic heterocycles. The van der Waals surface area contributed by atoms with Crippen LogP contribution in [0.2, 0.25) is 0 Å². The standard InChI is InChI=1S/C57H41N15O5/c1-75-38-26-23-34(24-27-38)45-51(63-54-43(32-15-7-3-8-16-32)47(65-71(54)56(45)73)35-19-11-5-12-20-35)60-41-30-42-61-50(67-70(42)31-59-41)39-29-37(25-28-40(39)76-2)46-52(62-53-49(58)68-77-69-53)64-55-44(33-17-9-4-10-18-33)48(66-72(55)57(46)74)36-21-13-6-14-22-36/h3-31,60,63-64H,1-2H3,(H2,58,68)(H,62,69). The molecule has 7 aromatic heterocycles. The largest absolute Gasteiger partial charge is 0.497 e. The average Bonchev–Trinajstić information content (AvgIpc) is 4.36. The Balaban J connectivity index is 0.939. The van der Waals surface area contributed by atoms with Gasteiger partial charge in [-0.15, -0.1) is 5.10 Å². The van der Waals surface area contributed by atoms with Gasteiger partial charge >= 0.3 is 0 Å². The number of H-pyrrole nitrogens is 2. The van der Waals surface area contributed by atoms with Gasteiger partial charge in [-0.3, -0.25) is 9.59 Å². The molecule has 0 aliphatic carbocycles. The van der Waals surface area contributed by atoms with E-state index in [0.29, 0.717) is 79.3 Å². The lowest BCUT2D eigenvalue weighted by atomic mass is 10.0. The number of nitrogens with zero attached hydrogens (tertiary/aromatic N) is 10. The van der Waals surface area contributed by atoms with E-state index in [0.717, 1.165) is 27.8 Å². The summed E-state index contributed by atoms with van der Waals surface area (Å²) < 4.78 is 20.6. The zero-order valence-electron chi connectivity index (χ0n) is 40.8. The molecular formula is C57H41N15O5. The number of methoxy groups -OCH3 is 2. The van der Waals surface area contributed by atoms with Crippen molar-refractivity contribution in [2.75, 3.05) is 30.6 Å². The van der Waals surface area contributed by atoms with Crippen LogP contribution < -0.4 is 37.0 Å². The van der Waals surface area contributed by atoms with Crippen molar-refractivity contribution in [1.82, 2.24) is 59.1 Å². The number of rotatable bonds is 13. The lowest BCUT2D eigenvalue weighted by Gasteiger charge is -2.13. The highest BCUT2D eigenvalue weighted by atomic mass is 16.6. The first kappa shape index (κ1) is 45.7. The Bertz CT molecular complexity index is 4480. The van der Waals surface area contributed by atoms with Crippen molar-refractivity contribution in [3.63, 3.8) is 0 Å². The molecule has 0 saturated carbocycles. The normalized spacial score (nSPS) is 11.4. The number of hydrogen-bond donors (Lipinski definition) is 5. The van der Waals surface area contributed by atoms with Gasteiger partial charge < -0.3 is 35.8 Å². The van der Waals surface area contributed by atoms with Gasteiger partial charge in [-0.05, 0) is 56.8 Å². The zero-order valence-corrected chi connectivity index (χ0v) is 40.8. The van der Waals surface area contributed by atoms with Gasteiger partial charge in [0.2, 0.25) is 11.6 Å². The summed E-state index contributed by atoms with van der Waals surface area (Å²) in [6, 6.07) is 53.0. The van der Waals surface area contributed by atoms with E-state index in [1.54, 1.807) is 43.5 Å². The molecule has 0 amide bonds. The first-order chi connectivity index (χ1) is 37.8. The molecule has 77 heavy (non-hydrogen) atoms. The third-order valence-corrected chi connectivity index (χ3v) is 13.1. The second kappa shape index (κ2) is 18.7. The van der Waals surface area contributed by atoms with E-state index in [1.165, 1.54) is 27.0 Å². The number of aromatic amines is 2. The Morgan fingerprint density at radius 2 is 1.06 bits per heavy atom.